The maximum atomic E-state index is 12.2. The van der Waals surface area contributed by atoms with Gasteiger partial charge in [0.1, 0.15) is 5.76 Å². The Bertz CT molecular complexity index is 461. The molecule has 118 valence electrons. The number of hydrogen-bond donors (Lipinski definition) is 0. The predicted molar refractivity (Wildman–Crippen MR) is 79.0 cm³/mol. The third kappa shape index (κ3) is 4.82. The van der Waals surface area contributed by atoms with E-state index in [4.69, 9.17) is 9.26 Å². The molecule has 0 N–H and O–H groups in total. The number of aryl methyl sites for hydroxylation is 1. The molecule has 1 aliphatic rings. The largest absolute Gasteiger partial charge is 0.383 e. The number of rotatable bonds is 7. The zero-order valence-electron chi connectivity index (χ0n) is 13.2. The maximum absolute atomic E-state index is 12.2. The van der Waals surface area contributed by atoms with Crippen molar-refractivity contribution in [2.75, 3.05) is 46.9 Å². The molecular weight excluding hydrogens is 270 g/mol. The van der Waals surface area contributed by atoms with E-state index in [-0.39, 0.29) is 12.3 Å². The molecule has 0 radical (unpaired) electrons. The van der Waals surface area contributed by atoms with E-state index in [0.717, 1.165) is 44.9 Å². The van der Waals surface area contributed by atoms with Crippen LogP contribution in [-0.2, 0) is 16.0 Å². The van der Waals surface area contributed by atoms with E-state index < -0.39 is 0 Å². The average molecular weight is 295 g/mol. The van der Waals surface area contributed by atoms with Crippen molar-refractivity contribution in [1.29, 1.82) is 0 Å². The SMILES string of the molecule is COCCN1CCC(CN(C)C(=O)Cc2cc(C)no2)C1. The molecule has 0 aliphatic carbocycles. The van der Waals surface area contributed by atoms with Gasteiger partial charge in [0.05, 0.1) is 18.7 Å². The van der Waals surface area contributed by atoms with Gasteiger partial charge in [-0.25, -0.2) is 0 Å². The molecule has 0 spiro atoms. The van der Waals surface area contributed by atoms with Crippen LogP contribution in [0.25, 0.3) is 0 Å². The number of aromatic nitrogens is 1. The Kier molecular flexibility index (Phi) is 5.76. The number of likely N-dealkylation sites (N-methyl/N-ethyl adjacent to an activating group) is 1. The van der Waals surface area contributed by atoms with Gasteiger partial charge in [0.2, 0.25) is 5.91 Å². The predicted octanol–water partition coefficient (Wildman–Crippen LogP) is 0.952. The lowest BCUT2D eigenvalue weighted by Gasteiger charge is -2.21. The number of amides is 1. The Hall–Kier alpha value is -1.40. The molecule has 1 amide bonds. The highest BCUT2D eigenvalue weighted by atomic mass is 16.5. The van der Waals surface area contributed by atoms with Crippen molar-refractivity contribution >= 4 is 5.91 Å². The van der Waals surface area contributed by atoms with Gasteiger partial charge in [-0.2, -0.15) is 0 Å². The Balaban J connectivity index is 1.74. The van der Waals surface area contributed by atoms with Crippen LogP contribution in [0.3, 0.4) is 0 Å². The van der Waals surface area contributed by atoms with Crippen molar-refractivity contribution in [3.05, 3.63) is 17.5 Å². The van der Waals surface area contributed by atoms with Crippen LogP contribution in [0, 0.1) is 12.8 Å². The lowest BCUT2D eigenvalue weighted by Crippen LogP contribution is -2.34. The molecule has 1 fully saturated rings. The summed E-state index contributed by atoms with van der Waals surface area (Å²) in [6.07, 6.45) is 1.43. The summed E-state index contributed by atoms with van der Waals surface area (Å²) in [5.74, 6) is 1.27. The van der Waals surface area contributed by atoms with Crippen molar-refractivity contribution in [2.24, 2.45) is 5.92 Å². The van der Waals surface area contributed by atoms with Crippen LogP contribution < -0.4 is 0 Å². The van der Waals surface area contributed by atoms with Crippen LogP contribution in [0.5, 0.6) is 0 Å². The van der Waals surface area contributed by atoms with E-state index in [0.29, 0.717) is 11.7 Å². The van der Waals surface area contributed by atoms with Crippen LogP contribution in [0.2, 0.25) is 0 Å². The maximum Gasteiger partial charge on any atom is 0.230 e. The first kappa shape index (κ1) is 16.0. The molecule has 21 heavy (non-hydrogen) atoms. The first-order valence-corrected chi connectivity index (χ1v) is 7.46. The van der Waals surface area contributed by atoms with Crippen molar-refractivity contribution in [3.8, 4) is 0 Å². The van der Waals surface area contributed by atoms with Crippen LogP contribution >= 0.6 is 0 Å². The molecule has 1 atom stereocenters. The van der Waals surface area contributed by atoms with Crippen molar-refractivity contribution < 1.29 is 14.1 Å². The Morgan fingerprint density at radius 2 is 2.43 bits per heavy atom. The second-order valence-electron chi connectivity index (χ2n) is 5.83. The van der Waals surface area contributed by atoms with Gasteiger partial charge in [-0.1, -0.05) is 5.16 Å². The van der Waals surface area contributed by atoms with Crippen LogP contribution in [0.4, 0.5) is 0 Å². The summed E-state index contributed by atoms with van der Waals surface area (Å²) >= 11 is 0. The van der Waals surface area contributed by atoms with Gasteiger partial charge in [-0.3, -0.25) is 4.79 Å². The lowest BCUT2D eigenvalue weighted by molar-refractivity contribution is -0.130. The summed E-state index contributed by atoms with van der Waals surface area (Å²) in [4.78, 5) is 16.4. The summed E-state index contributed by atoms with van der Waals surface area (Å²) in [5.41, 5.74) is 0.810. The zero-order valence-corrected chi connectivity index (χ0v) is 13.2. The second-order valence-corrected chi connectivity index (χ2v) is 5.83. The molecule has 6 nitrogen and oxygen atoms in total. The highest BCUT2D eigenvalue weighted by Crippen LogP contribution is 2.17. The number of hydrogen-bond acceptors (Lipinski definition) is 5. The quantitative estimate of drug-likeness (QED) is 0.749. The molecule has 1 aliphatic heterocycles. The van der Waals surface area contributed by atoms with E-state index in [1.165, 1.54) is 0 Å². The number of carbonyl (C=O) groups is 1. The van der Waals surface area contributed by atoms with Gasteiger partial charge in [0, 0.05) is 39.9 Å². The van der Waals surface area contributed by atoms with E-state index >= 15 is 0 Å². The van der Waals surface area contributed by atoms with Crippen LogP contribution in [0.15, 0.2) is 10.6 Å². The fourth-order valence-corrected chi connectivity index (χ4v) is 2.76. The van der Waals surface area contributed by atoms with Gasteiger partial charge in [0.15, 0.2) is 0 Å². The molecule has 0 bridgehead atoms. The molecule has 0 saturated carbocycles. The van der Waals surface area contributed by atoms with Crippen molar-refractivity contribution in [1.82, 2.24) is 15.0 Å². The normalized spacial score (nSPS) is 19.1. The minimum Gasteiger partial charge on any atom is -0.383 e. The molecule has 2 heterocycles. The van der Waals surface area contributed by atoms with E-state index in [1.54, 1.807) is 7.11 Å². The highest BCUT2D eigenvalue weighted by molar-refractivity contribution is 5.77. The monoisotopic (exact) mass is 295 g/mol. The van der Waals surface area contributed by atoms with E-state index in [9.17, 15) is 4.79 Å². The summed E-state index contributed by atoms with van der Waals surface area (Å²) in [7, 11) is 3.59. The molecule has 1 aromatic rings. The first-order valence-electron chi connectivity index (χ1n) is 7.46. The number of carbonyl (C=O) groups excluding carboxylic acids is 1. The number of ether oxygens (including phenoxy) is 1. The fourth-order valence-electron chi connectivity index (χ4n) is 2.76. The molecular formula is C15H25N3O3. The molecule has 0 aromatic carbocycles. The Labute approximate surface area is 126 Å². The third-order valence-corrected chi connectivity index (χ3v) is 3.94. The topological polar surface area (TPSA) is 58.8 Å². The van der Waals surface area contributed by atoms with Crippen LogP contribution in [-0.4, -0.2) is 67.8 Å². The van der Waals surface area contributed by atoms with Crippen molar-refractivity contribution in [2.45, 2.75) is 19.8 Å². The first-order chi connectivity index (χ1) is 10.1. The summed E-state index contributed by atoms with van der Waals surface area (Å²) in [6.45, 7) is 6.54. The minimum absolute atomic E-state index is 0.0847. The lowest BCUT2D eigenvalue weighted by atomic mass is 10.1. The number of methoxy groups -OCH3 is 1. The van der Waals surface area contributed by atoms with Gasteiger partial charge in [-0.15, -0.1) is 0 Å². The highest BCUT2D eigenvalue weighted by Gasteiger charge is 2.24. The standard InChI is InChI=1S/C15H25N3O3/c1-12-8-14(21-16-12)9-15(19)17(2)10-13-4-5-18(11-13)6-7-20-3/h8,13H,4-7,9-11H2,1-3H3. The smallest absolute Gasteiger partial charge is 0.230 e. The van der Waals surface area contributed by atoms with Gasteiger partial charge >= 0.3 is 0 Å². The van der Waals surface area contributed by atoms with E-state index in [1.807, 2.05) is 24.9 Å². The molecule has 2 rings (SSSR count). The van der Waals surface area contributed by atoms with Crippen LogP contribution in [0.1, 0.15) is 17.9 Å². The summed E-state index contributed by atoms with van der Waals surface area (Å²) in [6, 6.07) is 1.81. The second kappa shape index (κ2) is 7.56. The van der Waals surface area contributed by atoms with Gasteiger partial charge in [0.25, 0.3) is 0 Å². The molecule has 1 saturated heterocycles. The fraction of sp³-hybridized carbons (Fsp3) is 0.733. The van der Waals surface area contributed by atoms with E-state index in [2.05, 4.69) is 10.1 Å². The molecule has 1 aromatic heterocycles. The molecule has 6 heteroatoms. The minimum atomic E-state index is 0.0847. The summed E-state index contributed by atoms with van der Waals surface area (Å²) < 4.78 is 10.2. The Morgan fingerprint density at radius 3 is 3.10 bits per heavy atom. The third-order valence-electron chi connectivity index (χ3n) is 3.94. The molecule has 1 unspecified atom stereocenters. The van der Waals surface area contributed by atoms with Gasteiger partial charge < -0.3 is 19.1 Å². The number of nitrogens with zero attached hydrogens (tertiary/aromatic N) is 3. The Morgan fingerprint density at radius 1 is 1.62 bits per heavy atom. The summed E-state index contributed by atoms with van der Waals surface area (Å²) in [5, 5.41) is 3.81. The van der Waals surface area contributed by atoms with Gasteiger partial charge in [-0.05, 0) is 25.8 Å². The zero-order chi connectivity index (χ0) is 15.2. The van der Waals surface area contributed by atoms with Crippen molar-refractivity contribution in [3.63, 3.8) is 0 Å². The average Bonchev–Trinajstić information content (AvgIpc) is 3.05. The number of likely N-dealkylation sites (tertiary alicyclic amines) is 1.